The van der Waals surface area contributed by atoms with Gasteiger partial charge >= 0.3 is 0 Å². The molecule has 0 fully saturated rings. The van der Waals surface area contributed by atoms with Crippen molar-refractivity contribution in [1.29, 1.82) is 0 Å². The molecule has 0 aliphatic carbocycles. The summed E-state index contributed by atoms with van der Waals surface area (Å²) in [6.45, 7) is 6.07. The van der Waals surface area contributed by atoms with Gasteiger partial charge in [0.2, 0.25) is 0 Å². The van der Waals surface area contributed by atoms with E-state index in [1.165, 1.54) is 5.57 Å². The second-order valence-corrected chi connectivity index (χ2v) is 2.38. The molecule has 0 aromatic heterocycles. The first-order chi connectivity index (χ1) is 5.29. The van der Waals surface area contributed by atoms with Gasteiger partial charge in [0.25, 0.3) is 0 Å². The zero-order chi connectivity index (χ0) is 8.69. The van der Waals surface area contributed by atoms with Crippen molar-refractivity contribution in [3.8, 4) is 0 Å². The van der Waals surface area contributed by atoms with Crippen molar-refractivity contribution in [2.45, 2.75) is 33.6 Å². The zero-order valence-corrected chi connectivity index (χ0v) is 7.55. The van der Waals surface area contributed by atoms with Crippen molar-refractivity contribution in [2.75, 3.05) is 0 Å². The highest BCUT2D eigenvalue weighted by Gasteiger charge is 1.97. The molecule has 0 unspecified atom stereocenters. The predicted octanol–water partition coefficient (Wildman–Crippen LogP) is 2.88. The Morgan fingerprint density at radius 1 is 1.27 bits per heavy atom. The van der Waals surface area contributed by atoms with Gasteiger partial charge < -0.3 is 0 Å². The first-order valence-corrected chi connectivity index (χ1v) is 4.10. The maximum absolute atomic E-state index is 10.5. The lowest BCUT2D eigenvalue weighted by atomic mass is 10.0. The van der Waals surface area contributed by atoms with Crippen molar-refractivity contribution >= 4 is 6.29 Å². The highest BCUT2D eigenvalue weighted by Crippen LogP contribution is 2.11. The van der Waals surface area contributed by atoms with Crippen LogP contribution in [0.25, 0.3) is 0 Å². The normalized spacial score (nSPS) is 10.1. The van der Waals surface area contributed by atoms with E-state index < -0.39 is 0 Å². The minimum Gasteiger partial charge on any atom is -0.298 e. The Morgan fingerprint density at radius 2 is 1.82 bits per heavy atom. The average molecular weight is 152 g/mol. The Bertz CT molecular complexity index is 169. The summed E-state index contributed by atoms with van der Waals surface area (Å²) >= 11 is 0. The molecule has 0 saturated carbocycles. The van der Waals surface area contributed by atoms with Crippen molar-refractivity contribution in [1.82, 2.24) is 0 Å². The summed E-state index contributed by atoms with van der Waals surface area (Å²) in [4.78, 5) is 10.5. The third-order valence-corrected chi connectivity index (χ3v) is 1.73. The molecule has 0 atom stereocenters. The van der Waals surface area contributed by atoms with Gasteiger partial charge in [0.15, 0.2) is 0 Å². The molecular formula is C10H16O. The van der Waals surface area contributed by atoms with E-state index >= 15 is 0 Å². The van der Waals surface area contributed by atoms with Crippen LogP contribution in [0.15, 0.2) is 23.3 Å². The monoisotopic (exact) mass is 152 g/mol. The smallest absolute Gasteiger partial charge is 0.149 e. The minimum atomic E-state index is 0.845. The summed E-state index contributed by atoms with van der Waals surface area (Å²) in [6, 6.07) is 0. The van der Waals surface area contributed by atoms with Crippen molar-refractivity contribution in [3.63, 3.8) is 0 Å². The number of carbonyl (C=O) groups excluding carboxylic acids is 1. The Hall–Kier alpha value is -0.850. The molecule has 11 heavy (non-hydrogen) atoms. The maximum Gasteiger partial charge on any atom is 0.149 e. The van der Waals surface area contributed by atoms with Crippen LogP contribution in [-0.4, -0.2) is 6.29 Å². The molecule has 0 rings (SSSR count). The summed E-state index contributed by atoms with van der Waals surface area (Å²) in [7, 11) is 0. The van der Waals surface area contributed by atoms with E-state index in [0.717, 1.165) is 24.7 Å². The fourth-order valence-electron chi connectivity index (χ4n) is 1.08. The molecule has 0 bridgehead atoms. The predicted molar refractivity (Wildman–Crippen MR) is 48.5 cm³/mol. The molecule has 0 heterocycles. The van der Waals surface area contributed by atoms with E-state index in [0.29, 0.717) is 0 Å². The molecule has 0 N–H and O–H groups in total. The van der Waals surface area contributed by atoms with Crippen LogP contribution in [0, 0.1) is 0 Å². The van der Waals surface area contributed by atoms with Gasteiger partial charge in [-0.25, -0.2) is 0 Å². The van der Waals surface area contributed by atoms with Gasteiger partial charge in [0, 0.05) is 5.57 Å². The fourth-order valence-corrected chi connectivity index (χ4v) is 1.08. The second kappa shape index (κ2) is 5.90. The van der Waals surface area contributed by atoms with E-state index in [1.807, 2.05) is 19.1 Å². The van der Waals surface area contributed by atoms with E-state index in [1.54, 1.807) is 0 Å². The molecule has 0 aliphatic rings. The van der Waals surface area contributed by atoms with Crippen LogP contribution in [0.4, 0.5) is 0 Å². The Morgan fingerprint density at radius 3 is 2.09 bits per heavy atom. The van der Waals surface area contributed by atoms with E-state index in [4.69, 9.17) is 0 Å². The van der Waals surface area contributed by atoms with Gasteiger partial charge in [0.1, 0.15) is 6.29 Å². The van der Waals surface area contributed by atoms with Crippen LogP contribution in [0.3, 0.4) is 0 Å². The number of aldehydes is 1. The van der Waals surface area contributed by atoms with Crippen LogP contribution < -0.4 is 0 Å². The maximum atomic E-state index is 10.5. The van der Waals surface area contributed by atoms with E-state index in [-0.39, 0.29) is 0 Å². The SMILES string of the molecule is C/C=C\C(C=O)=C(CC)CC. The third kappa shape index (κ3) is 3.17. The van der Waals surface area contributed by atoms with Crippen molar-refractivity contribution in [3.05, 3.63) is 23.3 Å². The Kier molecular flexibility index (Phi) is 5.44. The molecule has 0 aromatic rings. The molecule has 1 heteroatoms. The lowest BCUT2D eigenvalue weighted by molar-refractivity contribution is -0.104. The number of hydrogen-bond acceptors (Lipinski definition) is 1. The first kappa shape index (κ1) is 10.2. The zero-order valence-electron chi connectivity index (χ0n) is 7.55. The van der Waals surface area contributed by atoms with Crippen LogP contribution in [-0.2, 0) is 4.79 Å². The molecular weight excluding hydrogens is 136 g/mol. The lowest BCUT2D eigenvalue weighted by Crippen LogP contribution is -1.88. The minimum absolute atomic E-state index is 0.845. The standard InChI is InChI=1S/C10H16O/c1-4-7-10(8-11)9(5-2)6-3/h4,7-8H,5-6H2,1-3H3/b7-4-. The fraction of sp³-hybridized carbons (Fsp3) is 0.500. The van der Waals surface area contributed by atoms with E-state index in [9.17, 15) is 4.79 Å². The van der Waals surface area contributed by atoms with Gasteiger partial charge in [-0.05, 0) is 19.8 Å². The van der Waals surface area contributed by atoms with Crippen LogP contribution in [0.1, 0.15) is 33.6 Å². The molecule has 0 aliphatic heterocycles. The molecule has 62 valence electrons. The van der Waals surface area contributed by atoms with Crippen molar-refractivity contribution in [2.24, 2.45) is 0 Å². The van der Waals surface area contributed by atoms with Gasteiger partial charge in [-0.1, -0.05) is 31.6 Å². The van der Waals surface area contributed by atoms with E-state index in [2.05, 4.69) is 13.8 Å². The van der Waals surface area contributed by atoms with Crippen LogP contribution >= 0.6 is 0 Å². The molecule has 0 radical (unpaired) electrons. The Balaban J connectivity index is 4.61. The summed E-state index contributed by atoms with van der Waals surface area (Å²) in [5, 5.41) is 0. The van der Waals surface area contributed by atoms with Gasteiger partial charge in [-0.3, -0.25) is 4.79 Å². The third-order valence-electron chi connectivity index (χ3n) is 1.73. The molecule has 0 amide bonds. The number of hydrogen-bond donors (Lipinski definition) is 0. The summed E-state index contributed by atoms with van der Waals surface area (Å²) < 4.78 is 0. The van der Waals surface area contributed by atoms with Gasteiger partial charge in [-0.2, -0.15) is 0 Å². The molecule has 0 saturated heterocycles. The topological polar surface area (TPSA) is 17.1 Å². The summed E-state index contributed by atoms with van der Waals surface area (Å²) in [6.07, 6.45) is 6.64. The van der Waals surface area contributed by atoms with Gasteiger partial charge in [0.05, 0.1) is 0 Å². The number of carbonyl (C=O) groups is 1. The Labute approximate surface area is 68.8 Å². The number of rotatable bonds is 4. The molecule has 0 aromatic carbocycles. The first-order valence-electron chi connectivity index (χ1n) is 4.10. The molecule has 1 nitrogen and oxygen atoms in total. The van der Waals surface area contributed by atoms with Crippen LogP contribution in [0.2, 0.25) is 0 Å². The second-order valence-electron chi connectivity index (χ2n) is 2.38. The quantitative estimate of drug-likeness (QED) is 0.344. The van der Waals surface area contributed by atoms with Gasteiger partial charge in [-0.15, -0.1) is 0 Å². The average Bonchev–Trinajstić information content (AvgIpc) is 2.05. The highest BCUT2D eigenvalue weighted by atomic mass is 16.1. The largest absolute Gasteiger partial charge is 0.298 e. The van der Waals surface area contributed by atoms with Crippen molar-refractivity contribution < 1.29 is 4.79 Å². The molecule has 0 spiro atoms. The summed E-state index contributed by atoms with van der Waals surface area (Å²) in [5.41, 5.74) is 2.08. The lowest BCUT2D eigenvalue weighted by Gasteiger charge is -2.01. The van der Waals surface area contributed by atoms with Crippen LogP contribution in [0.5, 0.6) is 0 Å². The summed E-state index contributed by atoms with van der Waals surface area (Å²) in [5.74, 6) is 0. The number of allylic oxidation sites excluding steroid dienone is 4. The highest BCUT2D eigenvalue weighted by molar-refractivity contribution is 5.78.